The molecule has 1 rings (SSSR count). The number of nitrogens with zero attached hydrogens (tertiary/aromatic N) is 3. The molecule has 15 heavy (non-hydrogen) atoms. The monoisotopic (exact) mass is 217 g/mol. The average molecular weight is 217 g/mol. The molecule has 84 valence electrons. The van der Waals surface area contributed by atoms with Crippen molar-refractivity contribution < 1.29 is 19.0 Å². The van der Waals surface area contributed by atoms with Gasteiger partial charge in [0.15, 0.2) is 5.69 Å². The summed E-state index contributed by atoms with van der Waals surface area (Å²) in [5, 5.41) is 15.8. The first kappa shape index (κ1) is 11.6. The fourth-order valence-corrected chi connectivity index (χ4v) is 1.20. The normalized spacial score (nSPS) is 10.5. The van der Waals surface area contributed by atoms with Gasteiger partial charge in [0.1, 0.15) is 6.67 Å². The summed E-state index contributed by atoms with van der Waals surface area (Å²) in [5.74, 6) is -1.16. The minimum absolute atomic E-state index is 0.0132. The maximum Gasteiger partial charge on any atom is 0.358 e. The Labute approximate surface area is 85.7 Å². The van der Waals surface area contributed by atoms with Crippen LogP contribution in [0.15, 0.2) is 0 Å². The van der Waals surface area contributed by atoms with Crippen molar-refractivity contribution in [1.29, 1.82) is 0 Å². The van der Waals surface area contributed by atoms with Gasteiger partial charge in [0.2, 0.25) is 0 Å². The van der Waals surface area contributed by atoms with Gasteiger partial charge >= 0.3 is 5.97 Å². The molecule has 0 bridgehead atoms. The average Bonchev–Trinajstić information content (AvgIpc) is 2.59. The molecule has 1 aromatic heterocycles. The minimum Gasteiger partial charge on any atom is -0.476 e. The van der Waals surface area contributed by atoms with Crippen molar-refractivity contribution >= 4 is 5.97 Å². The lowest BCUT2D eigenvalue weighted by molar-refractivity contribution is 0.0688. The maximum atomic E-state index is 12.1. The SMILES string of the molecule is COCCc1c(C(=O)O)nnn1CCF. The number of carboxylic acids is 1. The van der Waals surface area contributed by atoms with Crippen LogP contribution in [0, 0.1) is 0 Å². The Morgan fingerprint density at radius 2 is 2.40 bits per heavy atom. The molecule has 0 amide bonds. The second-order valence-corrected chi connectivity index (χ2v) is 2.84. The third-order valence-corrected chi connectivity index (χ3v) is 1.88. The Kier molecular flexibility index (Phi) is 4.17. The largest absolute Gasteiger partial charge is 0.476 e. The molecule has 0 spiro atoms. The zero-order valence-electron chi connectivity index (χ0n) is 8.31. The number of methoxy groups -OCH3 is 1. The summed E-state index contributed by atoms with van der Waals surface area (Å²) in [6.07, 6.45) is 0.352. The number of aryl methyl sites for hydroxylation is 1. The Balaban J connectivity index is 2.91. The molecule has 7 heteroatoms. The zero-order valence-corrected chi connectivity index (χ0v) is 8.31. The van der Waals surface area contributed by atoms with Gasteiger partial charge in [0, 0.05) is 13.5 Å². The molecule has 1 heterocycles. The summed E-state index contributed by atoms with van der Waals surface area (Å²) >= 11 is 0. The molecule has 0 fully saturated rings. The highest BCUT2D eigenvalue weighted by Gasteiger charge is 2.18. The van der Waals surface area contributed by atoms with Gasteiger partial charge in [-0.3, -0.25) is 0 Å². The van der Waals surface area contributed by atoms with Crippen LogP contribution in [-0.4, -0.2) is 46.5 Å². The van der Waals surface area contributed by atoms with Crippen molar-refractivity contribution in [2.45, 2.75) is 13.0 Å². The summed E-state index contributed by atoms with van der Waals surface area (Å²) in [6.45, 7) is -0.248. The van der Waals surface area contributed by atoms with E-state index in [2.05, 4.69) is 10.3 Å². The lowest BCUT2D eigenvalue weighted by atomic mass is 10.2. The molecule has 0 atom stereocenters. The topological polar surface area (TPSA) is 77.2 Å². The number of ether oxygens (including phenoxy) is 1. The number of carboxylic acid groups (broad SMARTS) is 1. The van der Waals surface area contributed by atoms with E-state index in [0.29, 0.717) is 18.7 Å². The molecule has 6 nitrogen and oxygen atoms in total. The Bertz CT molecular complexity index is 340. The van der Waals surface area contributed by atoms with E-state index in [1.807, 2.05) is 0 Å². The quantitative estimate of drug-likeness (QED) is 0.733. The van der Waals surface area contributed by atoms with Gasteiger partial charge < -0.3 is 9.84 Å². The molecule has 0 aromatic carbocycles. The van der Waals surface area contributed by atoms with Gasteiger partial charge in [0.05, 0.1) is 18.8 Å². The van der Waals surface area contributed by atoms with E-state index in [0.717, 1.165) is 0 Å². The predicted octanol–water partition coefficient (Wildman–Crippen LogP) is 0.135. The molecular formula is C8H12FN3O3. The molecule has 0 unspecified atom stereocenters. The van der Waals surface area contributed by atoms with Crippen LogP contribution in [0.25, 0.3) is 0 Å². The molecular weight excluding hydrogens is 205 g/mol. The number of alkyl halides is 1. The predicted molar refractivity (Wildman–Crippen MR) is 48.5 cm³/mol. The number of halogens is 1. The Morgan fingerprint density at radius 1 is 1.67 bits per heavy atom. The van der Waals surface area contributed by atoms with Crippen molar-refractivity contribution in [3.63, 3.8) is 0 Å². The number of aromatic nitrogens is 3. The van der Waals surface area contributed by atoms with Crippen LogP contribution >= 0.6 is 0 Å². The highest BCUT2D eigenvalue weighted by atomic mass is 19.1. The van der Waals surface area contributed by atoms with E-state index in [1.54, 1.807) is 0 Å². The van der Waals surface area contributed by atoms with Crippen molar-refractivity contribution in [3.05, 3.63) is 11.4 Å². The van der Waals surface area contributed by atoms with E-state index in [9.17, 15) is 9.18 Å². The van der Waals surface area contributed by atoms with Crippen LogP contribution < -0.4 is 0 Å². The molecule has 0 aliphatic heterocycles. The molecule has 0 saturated carbocycles. The minimum atomic E-state index is -1.16. The van der Waals surface area contributed by atoms with Crippen LogP contribution in [0.3, 0.4) is 0 Å². The van der Waals surface area contributed by atoms with Crippen LogP contribution in [0.2, 0.25) is 0 Å². The van der Waals surface area contributed by atoms with Crippen LogP contribution in [0.4, 0.5) is 4.39 Å². The van der Waals surface area contributed by atoms with Crippen LogP contribution in [-0.2, 0) is 17.7 Å². The Hall–Kier alpha value is -1.50. The Morgan fingerprint density at radius 3 is 2.93 bits per heavy atom. The summed E-state index contributed by atoms with van der Waals surface area (Å²) < 4.78 is 18.2. The smallest absolute Gasteiger partial charge is 0.358 e. The fraction of sp³-hybridized carbons (Fsp3) is 0.625. The molecule has 0 aliphatic rings. The van der Waals surface area contributed by atoms with Gasteiger partial charge in [-0.2, -0.15) is 0 Å². The van der Waals surface area contributed by atoms with E-state index in [4.69, 9.17) is 9.84 Å². The van der Waals surface area contributed by atoms with Gasteiger partial charge in [0.25, 0.3) is 0 Å². The van der Waals surface area contributed by atoms with Crippen molar-refractivity contribution in [1.82, 2.24) is 15.0 Å². The number of hydrogen-bond acceptors (Lipinski definition) is 4. The van der Waals surface area contributed by atoms with Gasteiger partial charge in [-0.25, -0.2) is 13.9 Å². The van der Waals surface area contributed by atoms with Gasteiger partial charge in [-0.05, 0) is 0 Å². The van der Waals surface area contributed by atoms with Gasteiger partial charge in [-0.15, -0.1) is 5.10 Å². The first-order chi connectivity index (χ1) is 7.20. The van der Waals surface area contributed by atoms with Crippen molar-refractivity contribution in [2.75, 3.05) is 20.4 Å². The van der Waals surface area contributed by atoms with E-state index in [-0.39, 0.29) is 12.2 Å². The van der Waals surface area contributed by atoms with Crippen LogP contribution in [0.1, 0.15) is 16.2 Å². The van der Waals surface area contributed by atoms with Crippen molar-refractivity contribution in [3.8, 4) is 0 Å². The molecule has 0 aliphatic carbocycles. The molecule has 1 aromatic rings. The highest BCUT2D eigenvalue weighted by molar-refractivity contribution is 5.86. The lowest BCUT2D eigenvalue weighted by Gasteiger charge is -2.03. The first-order valence-electron chi connectivity index (χ1n) is 4.41. The third kappa shape index (κ3) is 2.72. The second-order valence-electron chi connectivity index (χ2n) is 2.84. The summed E-state index contributed by atoms with van der Waals surface area (Å²) in [5.41, 5.74) is 0.252. The standard InChI is InChI=1S/C8H12FN3O3/c1-15-5-2-6-7(8(13)14)10-11-12(6)4-3-9/h2-5H2,1H3,(H,13,14). The zero-order chi connectivity index (χ0) is 11.3. The second kappa shape index (κ2) is 5.40. The van der Waals surface area contributed by atoms with Crippen LogP contribution in [0.5, 0.6) is 0 Å². The first-order valence-corrected chi connectivity index (χ1v) is 4.41. The molecule has 0 saturated heterocycles. The van der Waals surface area contributed by atoms with Crippen molar-refractivity contribution in [2.24, 2.45) is 0 Å². The number of carbonyl (C=O) groups is 1. The molecule has 1 N–H and O–H groups in total. The summed E-state index contributed by atoms with van der Waals surface area (Å²) in [7, 11) is 1.50. The summed E-state index contributed by atoms with van der Waals surface area (Å²) in [6, 6.07) is 0. The van der Waals surface area contributed by atoms with E-state index >= 15 is 0 Å². The highest BCUT2D eigenvalue weighted by Crippen LogP contribution is 2.07. The summed E-state index contributed by atoms with van der Waals surface area (Å²) in [4.78, 5) is 10.8. The van der Waals surface area contributed by atoms with E-state index in [1.165, 1.54) is 11.8 Å². The van der Waals surface area contributed by atoms with Gasteiger partial charge in [-0.1, -0.05) is 5.21 Å². The number of hydrogen-bond donors (Lipinski definition) is 1. The molecule has 0 radical (unpaired) electrons. The third-order valence-electron chi connectivity index (χ3n) is 1.88. The number of aromatic carboxylic acids is 1. The maximum absolute atomic E-state index is 12.1. The van der Waals surface area contributed by atoms with E-state index < -0.39 is 12.6 Å². The lowest BCUT2D eigenvalue weighted by Crippen LogP contribution is -2.11. The number of rotatable bonds is 6. The fourth-order valence-electron chi connectivity index (χ4n) is 1.20.